The monoisotopic (exact) mass is 378 g/mol. The first-order valence-electron chi connectivity index (χ1n) is 9.98. The number of nitrogens with one attached hydrogen (secondary N) is 1. The molecular formula is C23H27FN4. The molecule has 4 nitrogen and oxygen atoms in total. The van der Waals surface area contributed by atoms with E-state index in [0.717, 1.165) is 43.7 Å². The van der Waals surface area contributed by atoms with E-state index >= 15 is 0 Å². The molecule has 0 radical (unpaired) electrons. The lowest BCUT2D eigenvalue weighted by Crippen LogP contribution is -2.45. The Kier molecular flexibility index (Phi) is 5.84. The highest BCUT2D eigenvalue weighted by Gasteiger charge is 2.20. The third kappa shape index (κ3) is 4.49. The standard InChI is InChI=1S/C23H27FN4/c1-18-14-22(28-13-5-11-26-28)10-9-19(18)15-25-21-7-4-12-27(17-21)16-20-6-2-3-8-23(20)24/h2-3,5-6,8-11,13-14,21,25H,4,7,12,15-17H2,1H3/t21-/m0/s1. The molecule has 5 heteroatoms. The van der Waals surface area contributed by atoms with Crippen molar-refractivity contribution >= 4 is 0 Å². The quantitative estimate of drug-likeness (QED) is 0.702. The number of aryl methyl sites for hydroxylation is 1. The molecule has 0 aliphatic carbocycles. The fourth-order valence-corrected chi connectivity index (χ4v) is 3.93. The Bertz CT molecular complexity index is 907. The molecule has 146 valence electrons. The third-order valence-electron chi connectivity index (χ3n) is 5.53. The van der Waals surface area contributed by atoms with Gasteiger partial charge in [-0.1, -0.05) is 24.3 Å². The van der Waals surface area contributed by atoms with Crippen molar-refractivity contribution in [3.05, 3.63) is 83.4 Å². The molecule has 4 rings (SSSR count). The maximum atomic E-state index is 13.9. The minimum absolute atomic E-state index is 0.106. The van der Waals surface area contributed by atoms with Crippen molar-refractivity contribution in [3.8, 4) is 5.69 Å². The molecule has 1 aromatic heterocycles. The molecule has 0 spiro atoms. The van der Waals surface area contributed by atoms with Crippen molar-refractivity contribution in [2.45, 2.75) is 38.9 Å². The minimum Gasteiger partial charge on any atom is -0.309 e. The molecule has 1 fully saturated rings. The van der Waals surface area contributed by atoms with Gasteiger partial charge in [0, 0.05) is 43.6 Å². The second-order valence-electron chi connectivity index (χ2n) is 7.61. The molecule has 2 aromatic carbocycles. The van der Waals surface area contributed by atoms with Crippen molar-refractivity contribution in [1.29, 1.82) is 0 Å². The van der Waals surface area contributed by atoms with Crippen LogP contribution in [-0.2, 0) is 13.1 Å². The summed E-state index contributed by atoms with van der Waals surface area (Å²) in [5.41, 5.74) is 4.44. The van der Waals surface area contributed by atoms with Crippen LogP contribution in [0.2, 0.25) is 0 Å². The summed E-state index contributed by atoms with van der Waals surface area (Å²) < 4.78 is 15.8. The first-order valence-corrected chi connectivity index (χ1v) is 9.98. The first kappa shape index (κ1) is 18.8. The zero-order valence-electron chi connectivity index (χ0n) is 16.3. The van der Waals surface area contributed by atoms with Gasteiger partial charge in [0.05, 0.1) is 5.69 Å². The number of halogens is 1. The van der Waals surface area contributed by atoms with Crippen LogP contribution in [-0.4, -0.2) is 33.8 Å². The van der Waals surface area contributed by atoms with Gasteiger partial charge in [0.2, 0.25) is 0 Å². The number of nitrogens with zero attached hydrogens (tertiary/aromatic N) is 3. The fraction of sp³-hybridized carbons (Fsp3) is 0.348. The van der Waals surface area contributed by atoms with Crippen LogP contribution >= 0.6 is 0 Å². The van der Waals surface area contributed by atoms with E-state index in [4.69, 9.17) is 0 Å². The van der Waals surface area contributed by atoms with Crippen molar-refractivity contribution in [2.24, 2.45) is 0 Å². The summed E-state index contributed by atoms with van der Waals surface area (Å²) >= 11 is 0. The Morgan fingerprint density at radius 2 is 2.04 bits per heavy atom. The second-order valence-corrected chi connectivity index (χ2v) is 7.61. The average Bonchev–Trinajstić information content (AvgIpc) is 3.24. The van der Waals surface area contributed by atoms with E-state index in [0.29, 0.717) is 12.6 Å². The molecule has 2 heterocycles. The average molecular weight is 378 g/mol. The zero-order chi connectivity index (χ0) is 19.3. The molecular weight excluding hydrogens is 351 g/mol. The normalized spacial score (nSPS) is 17.7. The lowest BCUT2D eigenvalue weighted by atomic mass is 10.0. The number of piperidine rings is 1. The minimum atomic E-state index is -0.106. The first-order chi connectivity index (χ1) is 13.7. The van der Waals surface area contributed by atoms with Gasteiger partial charge in [0.15, 0.2) is 0 Å². The summed E-state index contributed by atoms with van der Waals surface area (Å²) in [6, 6.07) is 15.9. The maximum Gasteiger partial charge on any atom is 0.127 e. The van der Waals surface area contributed by atoms with Gasteiger partial charge in [-0.05, 0) is 61.7 Å². The molecule has 28 heavy (non-hydrogen) atoms. The predicted octanol–water partition coefficient (Wildman–Crippen LogP) is 4.07. The van der Waals surface area contributed by atoms with Crippen molar-refractivity contribution in [3.63, 3.8) is 0 Å². The molecule has 1 aliphatic heterocycles. The number of rotatable bonds is 6. The molecule has 1 saturated heterocycles. The van der Waals surface area contributed by atoms with E-state index in [1.165, 1.54) is 11.1 Å². The van der Waals surface area contributed by atoms with E-state index < -0.39 is 0 Å². The molecule has 3 aromatic rings. The molecule has 1 aliphatic rings. The van der Waals surface area contributed by atoms with Crippen LogP contribution in [0.25, 0.3) is 5.69 Å². The van der Waals surface area contributed by atoms with Crippen LogP contribution in [0.4, 0.5) is 4.39 Å². The van der Waals surface area contributed by atoms with Crippen LogP contribution in [0.1, 0.15) is 29.5 Å². The summed E-state index contributed by atoms with van der Waals surface area (Å²) in [6.45, 7) is 5.67. The van der Waals surface area contributed by atoms with Gasteiger partial charge in [-0.25, -0.2) is 9.07 Å². The summed E-state index contributed by atoms with van der Waals surface area (Å²) in [4.78, 5) is 2.35. The molecule has 0 amide bonds. The van der Waals surface area contributed by atoms with Gasteiger partial charge in [0.25, 0.3) is 0 Å². The summed E-state index contributed by atoms with van der Waals surface area (Å²) in [5, 5.41) is 8.00. The lowest BCUT2D eigenvalue weighted by Gasteiger charge is -2.33. The lowest BCUT2D eigenvalue weighted by molar-refractivity contribution is 0.181. The largest absolute Gasteiger partial charge is 0.309 e. The topological polar surface area (TPSA) is 33.1 Å². The van der Waals surface area contributed by atoms with Gasteiger partial charge in [-0.2, -0.15) is 5.10 Å². The molecule has 1 N–H and O–H groups in total. The van der Waals surface area contributed by atoms with Gasteiger partial charge < -0.3 is 5.32 Å². The number of benzene rings is 2. The number of hydrogen-bond acceptors (Lipinski definition) is 3. The highest BCUT2D eigenvalue weighted by Crippen LogP contribution is 2.18. The van der Waals surface area contributed by atoms with Crippen molar-refractivity contribution < 1.29 is 4.39 Å². The van der Waals surface area contributed by atoms with Crippen LogP contribution < -0.4 is 5.32 Å². The second kappa shape index (κ2) is 8.67. The Hall–Kier alpha value is -2.50. The smallest absolute Gasteiger partial charge is 0.127 e. The van der Waals surface area contributed by atoms with E-state index in [-0.39, 0.29) is 5.82 Å². The Morgan fingerprint density at radius 3 is 2.82 bits per heavy atom. The fourth-order valence-electron chi connectivity index (χ4n) is 3.93. The van der Waals surface area contributed by atoms with Gasteiger partial charge in [-0.3, -0.25) is 4.90 Å². The van der Waals surface area contributed by atoms with Crippen LogP contribution in [0, 0.1) is 12.7 Å². The van der Waals surface area contributed by atoms with E-state index in [9.17, 15) is 4.39 Å². The number of likely N-dealkylation sites (tertiary alicyclic amines) is 1. The van der Waals surface area contributed by atoms with Gasteiger partial charge in [-0.15, -0.1) is 0 Å². The van der Waals surface area contributed by atoms with Gasteiger partial charge >= 0.3 is 0 Å². The van der Waals surface area contributed by atoms with Crippen molar-refractivity contribution in [2.75, 3.05) is 13.1 Å². The van der Waals surface area contributed by atoms with Crippen LogP contribution in [0.3, 0.4) is 0 Å². The maximum absolute atomic E-state index is 13.9. The summed E-state index contributed by atoms with van der Waals surface area (Å²) in [7, 11) is 0. The molecule has 1 atom stereocenters. The highest BCUT2D eigenvalue weighted by atomic mass is 19.1. The van der Waals surface area contributed by atoms with E-state index in [1.807, 2.05) is 29.1 Å². The van der Waals surface area contributed by atoms with E-state index in [1.54, 1.807) is 18.3 Å². The highest BCUT2D eigenvalue weighted by molar-refractivity contribution is 5.39. The predicted molar refractivity (Wildman–Crippen MR) is 110 cm³/mol. The van der Waals surface area contributed by atoms with Crippen LogP contribution in [0.5, 0.6) is 0 Å². The third-order valence-corrected chi connectivity index (χ3v) is 5.53. The SMILES string of the molecule is Cc1cc(-n2cccn2)ccc1CN[C@H]1CCCN(Cc2ccccc2F)C1. The number of aromatic nitrogens is 2. The zero-order valence-corrected chi connectivity index (χ0v) is 16.3. The molecule has 0 bridgehead atoms. The van der Waals surface area contributed by atoms with Crippen LogP contribution in [0.15, 0.2) is 60.9 Å². The van der Waals surface area contributed by atoms with Gasteiger partial charge in [0.1, 0.15) is 5.82 Å². The molecule has 0 saturated carbocycles. The Balaban J connectivity index is 1.34. The summed E-state index contributed by atoms with van der Waals surface area (Å²) in [6.07, 6.45) is 6.06. The summed E-state index contributed by atoms with van der Waals surface area (Å²) in [5.74, 6) is -0.106. The van der Waals surface area contributed by atoms with Crippen molar-refractivity contribution in [1.82, 2.24) is 20.0 Å². The Morgan fingerprint density at radius 1 is 1.14 bits per heavy atom. The molecule has 0 unspecified atom stereocenters. The Labute approximate surface area is 166 Å². The van der Waals surface area contributed by atoms with E-state index in [2.05, 4.69) is 40.4 Å². The number of hydrogen-bond donors (Lipinski definition) is 1.